The molecule has 9 heteroatoms. The number of rotatable bonds is 7. The molecule has 0 radical (unpaired) electrons. The zero-order valence-corrected chi connectivity index (χ0v) is 17.3. The number of benzene rings is 1. The predicted molar refractivity (Wildman–Crippen MR) is 105 cm³/mol. The lowest BCUT2D eigenvalue weighted by Gasteiger charge is -2.34. The van der Waals surface area contributed by atoms with E-state index in [9.17, 15) is 13.5 Å². The van der Waals surface area contributed by atoms with Crippen molar-refractivity contribution in [3.63, 3.8) is 0 Å². The molecule has 0 spiro atoms. The average molecular weight is 461 g/mol. The van der Waals surface area contributed by atoms with Gasteiger partial charge in [-0.25, -0.2) is 8.42 Å². The van der Waals surface area contributed by atoms with Crippen molar-refractivity contribution in [3.8, 4) is 5.75 Å². The largest absolute Gasteiger partial charge is 0.491 e. The lowest BCUT2D eigenvalue weighted by atomic mass is 10.3. The summed E-state index contributed by atoms with van der Waals surface area (Å²) in [5.41, 5.74) is 0. The molecule has 0 saturated carbocycles. The Balaban J connectivity index is 1.45. The molecule has 1 aromatic carbocycles. The number of thiophene rings is 1. The van der Waals surface area contributed by atoms with Crippen molar-refractivity contribution in [3.05, 3.63) is 46.3 Å². The highest BCUT2D eigenvalue weighted by Gasteiger charge is 2.29. The standard InChI is InChI=1S/C17H21BrN2O4S2/c18-14-3-1-4-16(11-14)24-13-15(21)12-19-6-8-20(9-7-19)26(22,23)17-5-2-10-25-17/h1-5,10-11,15,21H,6-9,12-13H2/t15-/m1/s1. The van der Waals surface area contributed by atoms with Crippen LogP contribution in [0.1, 0.15) is 0 Å². The first-order chi connectivity index (χ1) is 12.4. The van der Waals surface area contributed by atoms with Crippen LogP contribution in [0.4, 0.5) is 0 Å². The van der Waals surface area contributed by atoms with Crippen molar-refractivity contribution < 1.29 is 18.3 Å². The van der Waals surface area contributed by atoms with Gasteiger partial charge in [-0.05, 0) is 29.6 Å². The lowest BCUT2D eigenvalue weighted by Crippen LogP contribution is -2.50. The summed E-state index contributed by atoms with van der Waals surface area (Å²) in [5.74, 6) is 0.699. The number of nitrogens with zero attached hydrogens (tertiary/aromatic N) is 2. The van der Waals surface area contributed by atoms with Crippen molar-refractivity contribution in [2.75, 3.05) is 39.3 Å². The maximum absolute atomic E-state index is 12.5. The number of sulfonamides is 1. The molecule has 0 amide bonds. The minimum atomic E-state index is -3.39. The van der Waals surface area contributed by atoms with Gasteiger partial charge in [0.25, 0.3) is 10.0 Å². The summed E-state index contributed by atoms with van der Waals surface area (Å²) in [4.78, 5) is 2.06. The molecule has 1 saturated heterocycles. The minimum Gasteiger partial charge on any atom is -0.491 e. The molecular weight excluding hydrogens is 440 g/mol. The Hall–Kier alpha value is -0.970. The number of aliphatic hydroxyl groups is 1. The van der Waals surface area contributed by atoms with Gasteiger partial charge in [0.2, 0.25) is 0 Å². The maximum atomic E-state index is 12.5. The summed E-state index contributed by atoms with van der Waals surface area (Å²) < 4.78 is 33.4. The number of aliphatic hydroxyl groups excluding tert-OH is 1. The van der Waals surface area contributed by atoms with E-state index < -0.39 is 16.1 Å². The SMILES string of the molecule is O=S(=O)(c1cccs1)N1CCN(C[C@@H](O)COc2cccc(Br)c2)CC1. The molecule has 2 heterocycles. The first-order valence-electron chi connectivity index (χ1n) is 8.27. The van der Waals surface area contributed by atoms with E-state index >= 15 is 0 Å². The molecule has 0 unspecified atom stereocenters. The fraction of sp³-hybridized carbons (Fsp3) is 0.412. The number of piperazine rings is 1. The smallest absolute Gasteiger partial charge is 0.252 e. The van der Waals surface area contributed by atoms with Crippen molar-refractivity contribution in [2.24, 2.45) is 0 Å². The highest BCUT2D eigenvalue weighted by molar-refractivity contribution is 9.10. The van der Waals surface area contributed by atoms with Gasteiger partial charge >= 0.3 is 0 Å². The van der Waals surface area contributed by atoms with Gasteiger partial charge in [-0.3, -0.25) is 4.90 Å². The monoisotopic (exact) mass is 460 g/mol. The number of β-amino-alcohol motifs (C(OH)–C–C–N with tert-alkyl or cyclic N) is 1. The predicted octanol–water partition coefficient (Wildman–Crippen LogP) is 2.26. The summed E-state index contributed by atoms with van der Waals surface area (Å²) in [5, 5.41) is 12.0. The van der Waals surface area contributed by atoms with E-state index in [-0.39, 0.29) is 6.61 Å². The molecule has 1 aromatic heterocycles. The zero-order chi connectivity index (χ0) is 18.6. The Morgan fingerprint density at radius 1 is 1.19 bits per heavy atom. The second-order valence-electron chi connectivity index (χ2n) is 6.06. The van der Waals surface area contributed by atoms with E-state index in [2.05, 4.69) is 20.8 Å². The quantitative estimate of drug-likeness (QED) is 0.685. The Kier molecular flexibility index (Phi) is 6.70. The van der Waals surface area contributed by atoms with Crippen LogP contribution in [0.3, 0.4) is 0 Å². The molecule has 1 aliphatic heterocycles. The third-order valence-corrected chi connectivity index (χ3v) is 7.89. The summed E-state index contributed by atoms with van der Waals surface area (Å²) in [6.45, 7) is 2.71. The Morgan fingerprint density at radius 2 is 1.96 bits per heavy atom. The molecule has 3 rings (SSSR count). The van der Waals surface area contributed by atoms with Crippen molar-refractivity contribution >= 4 is 37.3 Å². The third-order valence-electron chi connectivity index (χ3n) is 4.13. The van der Waals surface area contributed by atoms with Gasteiger partial charge in [0, 0.05) is 37.2 Å². The van der Waals surface area contributed by atoms with E-state index in [1.165, 1.54) is 15.6 Å². The second kappa shape index (κ2) is 8.81. The van der Waals surface area contributed by atoms with Gasteiger partial charge in [0.15, 0.2) is 0 Å². The molecule has 142 valence electrons. The van der Waals surface area contributed by atoms with Crippen molar-refractivity contribution in [1.29, 1.82) is 0 Å². The van der Waals surface area contributed by atoms with Gasteiger partial charge in [0.05, 0.1) is 0 Å². The normalized spacial score (nSPS) is 17.9. The van der Waals surface area contributed by atoms with Crippen LogP contribution >= 0.6 is 27.3 Å². The Morgan fingerprint density at radius 3 is 2.62 bits per heavy atom. The Bertz CT molecular complexity index is 806. The van der Waals surface area contributed by atoms with E-state index in [1.807, 2.05) is 24.3 Å². The number of ether oxygens (including phenoxy) is 1. The number of hydrogen-bond donors (Lipinski definition) is 1. The van der Waals surface area contributed by atoms with Gasteiger partial charge < -0.3 is 9.84 Å². The fourth-order valence-electron chi connectivity index (χ4n) is 2.79. The number of halogens is 1. The van der Waals surface area contributed by atoms with Gasteiger partial charge in [-0.15, -0.1) is 11.3 Å². The molecule has 1 N–H and O–H groups in total. The molecule has 6 nitrogen and oxygen atoms in total. The van der Waals surface area contributed by atoms with Crippen LogP contribution in [0.5, 0.6) is 5.75 Å². The Labute approximate surface area is 166 Å². The van der Waals surface area contributed by atoms with Crippen molar-refractivity contribution in [1.82, 2.24) is 9.21 Å². The van der Waals surface area contributed by atoms with Crippen LogP contribution in [0.25, 0.3) is 0 Å². The molecule has 0 aliphatic carbocycles. The molecule has 26 heavy (non-hydrogen) atoms. The van der Waals surface area contributed by atoms with Crippen LogP contribution in [0, 0.1) is 0 Å². The lowest BCUT2D eigenvalue weighted by molar-refractivity contribution is 0.0569. The van der Waals surface area contributed by atoms with E-state index in [1.54, 1.807) is 17.5 Å². The summed E-state index contributed by atoms with van der Waals surface area (Å²) in [7, 11) is -3.39. The van der Waals surface area contributed by atoms with Gasteiger partial charge in [0.1, 0.15) is 22.7 Å². The van der Waals surface area contributed by atoms with Crippen LogP contribution < -0.4 is 4.74 Å². The molecule has 1 aliphatic rings. The molecule has 2 aromatic rings. The van der Waals surface area contributed by atoms with Crippen LogP contribution in [0.15, 0.2) is 50.5 Å². The topological polar surface area (TPSA) is 70.1 Å². The molecule has 0 bridgehead atoms. The maximum Gasteiger partial charge on any atom is 0.252 e. The highest BCUT2D eigenvalue weighted by Crippen LogP contribution is 2.22. The van der Waals surface area contributed by atoms with Crippen LogP contribution in [-0.2, 0) is 10.0 Å². The first-order valence-corrected chi connectivity index (χ1v) is 11.4. The van der Waals surface area contributed by atoms with Crippen LogP contribution in [-0.4, -0.2) is 68.2 Å². The van der Waals surface area contributed by atoms with E-state index in [0.29, 0.717) is 42.7 Å². The molecule has 1 fully saturated rings. The summed E-state index contributed by atoms with van der Waals surface area (Å²) in [6.07, 6.45) is -0.630. The van der Waals surface area contributed by atoms with E-state index in [4.69, 9.17) is 4.74 Å². The third kappa shape index (κ3) is 5.05. The zero-order valence-electron chi connectivity index (χ0n) is 14.1. The summed E-state index contributed by atoms with van der Waals surface area (Å²) >= 11 is 4.62. The highest BCUT2D eigenvalue weighted by atomic mass is 79.9. The minimum absolute atomic E-state index is 0.199. The van der Waals surface area contributed by atoms with E-state index in [0.717, 1.165) is 4.47 Å². The number of hydrogen-bond acceptors (Lipinski definition) is 6. The average Bonchev–Trinajstić information content (AvgIpc) is 3.16. The first kappa shape index (κ1) is 19.8. The second-order valence-corrected chi connectivity index (χ2v) is 10.1. The fourth-order valence-corrected chi connectivity index (χ4v) is 5.73. The van der Waals surface area contributed by atoms with Crippen molar-refractivity contribution in [2.45, 2.75) is 10.3 Å². The molecular formula is C17H21BrN2O4S2. The van der Waals surface area contributed by atoms with Gasteiger partial charge in [-0.2, -0.15) is 4.31 Å². The van der Waals surface area contributed by atoms with Crippen LogP contribution in [0.2, 0.25) is 0 Å². The van der Waals surface area contributed by atoms with Gasteiger partial charge in [-0.1, -0.05) is 28.1 Å². The molecule has 1 atom stereocenters. The summed E-state index contributed by atoms with van der Waals surface area (Å²) in [6, 6.07) is 10.9.